The fraction of sp³-hybridized carbons (Fsp3) is 0.650. The van der Waals surface area contributed by atoms with Crippen LogP contribution in [0, 0.1) is 11.3 Å². The van der Waals surface area contributed by atoms with Crippen LogP contribution in [0.2, 0.25) is 0 Å². The van der Waals surface area contributed by atoms with Gasteiger partial charge in [-0.05, 0) is 62.6 Å². The molecule has 0 heterocycles. The van der Waals surface area contributed by atoms with E-state index in [4.69, 9.17) is 4.74 Å². The summed E-state index contributed by atoms with van der Waals surface area (Å²) in [5.41, 5.74) is -0.593. The van der Waals surface area contributed by atoms with Crippen LogP contribution in [0.15, 0.2) is 24.3 Å². The second kappa shape index (κ2) is 7.49. The predicted molar refractivity (Wildman–Crippen MR) is 93.9 cm³/mol. The number of halogens is 3. The number of alkyl halides is 3. The summed E-state index contributed by atoms with van der Waals surface area (Å²) >= 11 is 0. The fourth-order valence-corrected chi connectivity index (χ4v) is 4.43. The van der Waals surface area contributed by atoms with Gasteiger partial charge in [0, 0.05) is 11.1 Å². The van der Waals surface area contributed by atoms with Gasteiger partial charge in [0.2, 0.25) is 0 Å². The Hall–Kier alpha value is -1.72. The number of carbonyl (C=O) groups excluding carboxylic acids is 1. The van der Waals surface area contributed by atoms with Crippen molar-refractivity contribution in [3.8, 4) is 0 Å². The molecule has 2 fully saturated rings. The zero-order valence-electron chi connectivity index (χ0n) is 15.1. The lowest BCUT2D eigenvalue weighted by Crippen LogP contribution is -2.50. The standard InChI is InChI=1S/C20H26F3NO2/c1-2-4-14-7-10-19(11-8-14)12-9-17(19)26-18(25)24-16-6-3-5-15(13-16)20(21,22)23/h3,5-6,13-14,17H,2,4,7-12H2,1H3,(H,24,25). The Balaban J connectivity index is 1.54. The van der Waals surface area contributed by atoms with Gasteiger partial charge in [-0.25, -0.2) is 4.79 Å². The van der Waals surface area contributed by atoms with E-state index in [-0.39, 0.29) is 17.2 Å². The number of anilines is 1. The van der Waals surface area contributed by atoms with Gasteiger partial charge in [-0.2, -0.15) is 13.2 Å². The molecule has 0 aliphatic heterocycles. The van der Waals surface area contributed by atoms with Crippen molar-refractivity contribution in [1.29, 1.82) is 0 Å². The largest absolute Gasteiger partial charge is 0.445 e. The predicted octanol–water partition coefficient (Wildman–Crippen LogP) is 6.39. The highest BCUT2D eigenvalue weighted by Gasteiger charge is 2.50. The summed E-state index contributed by atoms with van der Waals surface area (Å²) < 4.78 is 43.9. The number of carbonyl (C=O) groups is 1. The minimum absolute atomic E-state index is 0.0927. The van der Waals surface area contributed by atoms with Crippen LogP contribution in [-0.2, 0) is 10.9 Å². The van der Waals surface area contributed by atoms with E-state index in [1.54, 1.807) is 0 Å². The fourth-order valence-electron chi connectivity index (χ4n) is 4.43. The first-order valence-electron chi connectivity index (χ1n) is 9.47. The average Bonchev–Trinajstić information content (AvgIpc) is 2.59. The van der Waals surface area contributed by atoms with Crippen molar-refractivity contribution in [3.63, 3.8) is 0 Å². The molecule has 6 heteroatoms. The molecule has 1 spiro atoms. The first-order valence-corrected chi connectivity index (χ1v) is 9.47. The van der Waals surface area contributed by atoms with E-state index in [1.807, 2.05) is 0 Å². The minimum Gasteiger partial charge on any atom is -0.445 e. The van der Waals surface area contributed by atoms with Gasteiger partial charge in [0.05, 0.1) is 5.56 Å². The molecule has 26 heavy (non-hydrogen) atoms. The molecule has 1 aromatic carbocycles. The van der Waals surface area contributed by atoms with Gasteiger partial charge in [-0.1, -0.05) is 25.8 Å². The second-order valence-electron chi connectivity index (χ2n) is 7.73. The number of hydrogen-bond donors (Lipinski definition) is 1. The van der Waals surface area contributed by atoms with Crippen molar-refractivity contribution in [2.24, 2.45) is 11.3 Å². The van der Waals surface area contributed by atoms with Crippen molar-refractivity contribution in [2.75, 3.05) is 5.32 Å². The Kier molecular flexibility index (Phi) is 5.49. The van der Waals surface area contributed by atoms with Crippen molar-refractivity contribution < 1.29 is 22.7 Å². The van der Waals surface area contributed by atoms with Crippen LogP contribution in [0.25, 0.3) is 0 Å². The summed E-state index contributed by atoms with van der Waals surface area (Å²) in [6.07, 6.45) is 3.71. The summed E-state index contributed by atoms with van der Waals surface area (Å²) in [5.74, 6) is 0.783. The molecule has 3 nitrogen and oxygen atoms in total. The van der Waals surface area contributed by atoms with E-state index in [9.17, 15) is 18.0 Å². The zero-order chi connectivity index (χ0) is 18.8. The van der Waals surface area contributed by atoms with Gasteiger partial charge in [0.15, 0.2) is 0 Å². The number of nitrogens with one attached hydrogen (secondary N) is 1. The highest BCUT2D eigenvalue weighted by Crippen LogP contribution is 2.54. The van der Waals surface area contributed by atoms with Crippen LogP contribution in [0.1, 0.15) is 63.9 Å². The molecule has 2 aliphatic rings. The van der Waals surface area contributed by atoms with Gasteiger partial charge in [0.1, 0.15) is 6.10 Å². The van der Waals surface area contributed by atoms with Gasteiger partial charge < -0.3 is 4.74 Å². The Bertz CT molecular complexity index is 636. The lowest BCUT2D eigenvalue weighted by atomic mass is 9.57. The molecule has 1 N–H and O–H groups in total. The SMILES string of the molecule is CCCC1CCC2(CC1)CCC2OC(=O)Nc1cccc(C(F)(F)F)c1. The van der Waals surface area contributed by atoms with E-state index in [0.717, 1.165) is 43.7 Å². The molecule has 1 aromatic rings. The highest BCUT2D eigenvalue weighted by atomic mass is 19.4. The summed E-state index contributed by atoms with van der Waals surface area (Å²) in [4.78, 5) is 12.2. The van der Waals surface area contributed by atoms with Crippen LogP contribution >= 0.6 is 0 Å². The number of hydrogen-bond acceptors (Lipinski definition) is 2. The average molecular weight is 369 g/mol. The van der Waals surface area contributed by atoms with Crippen LogP contribution in [0.4, 0.5) is 23.7 Å². The molecule has 1 unspecified atom stereocenters. The van der Waals surface area contributed by atoms with Crippen molar-refractivity contribution >= 4 is 11.8 Å². The minimum atomic E-state index is -4.43. The molecular formula is C20H26F3NO2. The van der Waals surface area contributed by atoms with Crippen molar-refractivity contribution in [1.82, 2.24) is 0 Å². The molecule has 0 aromatic heterocycles. The summed E-state index contributed by atoms with van der Waals surface area (Å²) in [7, 11) is 0. The lowest BCUT2D eigenvalue weighted by molar-refractivity contribution is -0.137. The van der Waals surface area contributed by atoms with E-state index >= 15 is 0 Å². The number of amides is 1. The molecule has 0 saturated heterocycles. The normalized spacial score (nSPS) is 28.5. The van der Waals surface area contributed by atoms with E-state index in [0.29, 0.717) is 0 Å². The van der Waals surface area contributed by atoms with Crippen LogP contribution in [0.3, 0.4) is 0 Å². The smallest absolute Gasteiger partial charge is 0.416 e. The maximum Gasteiger partial charge on any atom is 0.416 e. The number of ether oxygens (including phenoxy) is 1. The van der Waals surface area contributed by atoms with Gasteiger partial charge in [0.25, 0.3) is 0 Å². The first kappa shape index (κ1) is 19.1. The summed E-state index contributed by atoms with van der Waals surface area (Å²) in [6.45, 7) is 2.21. The third kappa shape index (κ3) is 4.15. The Labute approximate surface area is 152 Å². The van der Waals surface area contributed by atoms with Crippen molar-refractivity contribution in [3.05, 3.63) is 29.8 Å². The lowest BCUT2D eigenvalue weighted by Gasteiger charge is -2.52. The third-order valence-corrected chi connectivity index (χ3v) is 6.07. The maximum atomic E-state index is 12.8. The molecule has 0 radical (unpaired) electrons. The molecule has 1 amide bonds. The Morgan fingerprint density at radius 2 is 1.92 bits per heavy atom. The van der Waals surface area contributed by atoms with E-state index in [1.165, 1.54) is 37.8 Å². The molecule has 2 saturated carbocycles. The molecule has 1 atom stereocenters. The van der Waals surface area contributed by atoms with Crippen LogP contribution < -0.4 is 5.32 Å². The monoisotopic (exact) mass is 369 g/mol. The summed E-state index contributed by atoms with van der Waals surface area (Å²) in [5, 5.41) is 2.44. The number of rotatable bonds is 4. The third-order valence-electron chi connectivity index (χ3n) is 6.07. The zero-order valence-corrected chi connectivity index (χ0v) is 15.1. The molecule has 0 bridgehead atoms. The van der Waals surface area contributed by atoms with Gasteiger partial charge in [-0.3, -0.25) is 5.32 Å². The number of benzene rings is 1. The molecular weight excluding hydrogens is 343 g/mol. The van der Waals surface area contributed by atoms with Crippen LogP contribution in [-0.4, -0.2) is 12.2 Å². The van der Waals surface area contributed by atoms with E-state index in [2.05, 4.69) is 12.2 Å². The molecule has 144 valence electrons. The van der Waals surface area contributed by atoms with Gasteiger partial charge in [-0.15, -0.1) is 0 Å². The first-order chi connectivity index (χ1) is 12.3. The second-order valence-corrected chi connectivity index (χ2v) is 7.73. The Morgan fingerprint density at radius 1 is 1.23 bits per heavy atom. The molecule has 3 rings (SSSR count). The quantitative estimate of drug-likeness (QED) is 0.667. The van der Waals surface area contributed by atoms with Crippen LogP contribution in [0.5, 0.6) is 0 Å². The summed E-state index contributed by atoms with van der Waals surface area (Å²) in [6, 6.07) is 4.61. The highest BCUT2D eigenvalue weighted by molar-refractivity contribution is 5.84. The van der Waals surface area contributed by atoms with Gasteiger partial charge >= 0.3 is 12.3 Å². The Morgan fingerprint density at radius 3 is 2.50 bits per heavy atom. The maximum absolute atomic E-state index is 12.8. The topological polar surface area (TPSA) is 38.3 Å². The molecule has 2 aliphatic carbocycles. The van der Waals surface area contributed by atoms with E-state index < -0.39 is 17.8 Å². The van der Waals surface area contributed by atoms with Crippen molar-refractivity contribution in [2.45, 2.75) is 70.6 Å².